The molecule has 0 aliphatic carbocycles. The molecular formula is C13H19F3N2. The van der Waals surface area contributed by atoms with Crippen molar-refractivity contribution >= 4 is 0 Å². The Hall–Kier alpha value is -1.10. The van der Waals surface area contributed by atoms with Crippen LogP contribution in [-0.4, -0.2) is 17.7 Å². The Kier molecular flexibility index (Phi) is 5.59. The van der Waals surface area contributed by atoms with E-state index in [4.69, 9.17) is 0 Å². The van der Waals surface area contributed by atoms with Gasteiger partial charge in [-0.15, -0.1) is 0 Å². The molecule has 0 aromatic carbocycles. The van der Waals surface area contributed by atoms with Gasteiger partial charge in [-0.2, -0.15) is 13.2 Å². The topological polar surface area (TPSA) is 24.9 Å². The van der Waals surface area contributed by atoms with Crippen LogP contribution in [0.5, 0.6) is 0 Å². The van der Waals surface area contributed by atoms with Gasteiger partial charge >= 0.3 is 6.18 Å². The Morgan fingerprint density at radius 3 is 2.67 bits per heavy atom. The molecule has 18 heavy (non-hydrogen) atoms. The lowest BCUT2D eigenvalue weighted by Gasteiger charge is -2.21. The number of aryl methyl sites for hydroxylation is 1. The first-order valence-electron chi connectivity index (χ1n) is 6.14. The monoisotopic (exact) mass is 260 g/mol. The minimum absolute atomic E-state index is 0.0638. The molecule has 1 aromatic heterocycles. The molecule has 1 atom stereocenters. The molecule has 1 N–H and O–H groups in total. The summed E-state index contributed by atoms with van der Waals surface area (Å²) >= 11 is 0. The smallest absolute Gasteiger partial charge is 0.310 e. The first kappa shape index (κ1) is 15.0. The van der Waals surface area contributed by atoms with Gasteiger partial charge in [0.05, 0.1) is 0 Å². The molecule has 0 amide bonds. The first-order valence-corrected chi connectivity index (χ1v) is 6.14. The largest absolute Gasteiger partial charge is 0.389 e. The molecule has 1 aromatic rings. The molecule has 0 aliphatic heterocycles. The van der Waals surface area contributed by atoms with E-state index in [9.17, 15) is 13.2 Å². The summed E-state index contributed by atoms with van der Waals surface area (Å²) in [4.78, 5) is 3.97. The lowest BCUT2D eigenvalue weighted by Crippen LogP contribution is -2.24. The zero-order chi connectivity index (χ0) is 13.6. The van der Waals surface area contributed by atoms with Crippen LogP contribution < -0.4 is 5.32 Å². The van der Waals surface area contributed by atoms with Crippen molar-refractivity contribution in [3.8, 4) is 0 Å². The number of nitrogens with zero attached hydrogens (tertiary/aromatic N) is 1. The highest BCUT2D eigenvalue weighted by Crippen LogP contribution is 2.28. The van der Waals surface area contributed by atoms with E-state index >= 15 is 0 Å². The molecule has 2 nitrogen and oxygen atoms in total. The molecule has 0 aliphatic rings. The Balaban J connectivity index is 2.75. The first-order chi connectivity index (χ1) is 8.44. The molecule has 1 rings (SSSR count). The van der Waals surface area contributed by atoms with Crippen LogP contribution in [0.25, 0.3) is 0 Å². The van der Waals surface area contributed by atoms with E-state index in [1.807, 2.05) is 13.8 Å². The van der Waals surface area contributed by atoms with E-state index in [1.165, 1.54) is 0 Å². The number of halogens is 3. The second kappa shape index (κ2) is 6.73. The third-order valence-corrected chi connectivity index (χ3v) is 2.80. The molecule has 0 spiro atoms. The van der Waals surface area contributed by atoms with Crippen molar-refractivity contribution in [3.63, 3.8) is 0 Å². The number of pyridine rings is 1. The maximum absolute atomic E-state index is 12.3. The van der Waals surface area contributed by atoms with Crippen LogP contribution in [0, 0.1) is 6.92 Å². The van der Waals surface area contributed by atoms with Gasteiger partial charge in [-0.1, -0.05) is 6.92 Å². The fraction of sp³-hybridized carbons (Fsp3) is 0.615. The van der Waals surface area contributed by atoms with Crippen LogP contribution in [0.1, 0.15) is 43.4 Å². The summed E-state index contributed by atoms with van der Waals surface area (Å²) in [7, 11) is 0. The molecule has 0 fully saturated rings. The van der Waals surface area contributed by atoms with Crippen molar-refractivity contribution in [2.75, 3.05) is 6.54 Å². The summed E-state index contributed by atoms with van der Waals surface area (Å²) in [5.41, 5.74) is 1.83. The van der Waals surface area contributed by atoms with Gasteiger partial charge in [0.2, 0.25) is 0 Å². The predicted molar refractivity (Wildman–Crippen MR) is 65.3 cm³/mol. The van der Waals surface area contributed by atoms with Crippen molar-refractivity contribution < 1.29 is 13.2 Å². The number of aromatic nitrogens is 1. The Morgan fingerprint density at radius 2 is 2.11 bits per heavy atom. The summed E-state index contributed by atoms with van der Waals surface area (Å²) in [6.07, 6.45) is -0.607. The number of rotatable bonds is 6. The molecular weight excluding hydrogens is 241 g/mol. The summed E-state index contributed by atoms with van der Waals surface area (Å²) in [5, 5.41) is 3.17. The normalized spacial score (nSPS) is 13.6. The SMILES string of the molecule is CCCNC(CCC(F)(F)F)c1ccncc1C. The average Bonchev–Trinajstić information content (AvgIpc) is 2.29. The van der Waals surface area contributed by atoms with Crippen molar-refractivity contribution in [2.45, 2.75) is 45.3 Å². The zero-order valence-electron chi connectivity index (χ0n) is 10.7. The molecule has 102 valence electrons. The van der Waals surface area contributed by atoms with Gasteiger partial charge in [0.25, 0.3) is 0 Å². The molecule has 0 bridgehead atoms. The fourth-order valence-corrected chi connectivity index (χ4v) is 1.87. The molecule has 0 saturated carbocycles. The van der Waals surface area contributed by atoms with E-state index in [0.717, 1.165) is 17.5 Å². The molecule has 0 saturated heterocycles. The Bertz CT molecular complexity index is 363. The second-order valence-corrected chi connectivity index (χ2v) is 4.39. The van der Waals surface area contributed by atoms with Crippen molar-refractivity contribution in [2.24, 2.45) is 0 Å². The number of hydrogen-bond acceptors (Lipinski definition) is 2. The van der Waals surface area contributed by atoms with Crippen molar-refractivity contribution in [1.82, 2.24) is 10.3 Å². The highest BCUT2D eigenvalue weighted by atomic mass is 19.4. The Labute approximate surface area is 106 Å². The van der Waals surface area contributed by atoms with Gasteiger partial charge in [0, 0.05) is 24.9 Å². The van der Waals surface area contributed by atoms with Crippen molar-refractivity contribution in [3.05, 3.63) is 29.6 Å². The quantitative estimate of drug-likeness (QED) is 0.842. The van der Waals surface area contributed by atoms with Crippen molar-refractivity contribution in [1.29, 1.82) is 0 Å². The third-order valence-electron chi connectivity index (χ3n) is 2.80. The lowest BCUT2D eigenvalue weighted by molar-refractivity contribution is -0.136. The maximum atomic E-state index is 12.3. The summed E-state index contributed by atoms with van der Waals surface area (Å²) < 4.78 is 36.9. The third kappa shape index (κ3) is 5.04. The number of nitrogens with one attached hydrogen (secondary N) is 1. The summed E-state index contributed by atoms with van der Waals surface area (Å²) in [6.45, 7) is 4.58. The zero-order valence-corrected chi connectivity index (χ0v) is 10.7. The van der Waals surface area contributed by atoms with Gasteiger partial charge in [0.15, 0.2) is 0 Å². The minimum atomic E-state index is -4.10. The van der Waals surface area contributed by atoms with Gasteiger partial charge in [-0.05, 0) is 43.5 Å². The van der Waals surface area contributed by atoms with E-state index in [2.05, 4.69) is 10.3 Å². The van der Waals surface area contributed by atoms with E-state index in [1.54, 1.807) is 18.5 Å². The van der Waals surface area contributed by atoms with Crippen LogP contribution in [0.3, 0.4) is 0 Å². The maximum Gasteiger partial charge on any atom is 0.389 e. The van der Waals surface area contributed by atoms with Gasteiger partial charge in [-0.25, -0.2) is 0 Å². The van der Waals surface area contributed by atoms with Gasteiger partial charge in [-0.3, -0.25) is 4.98 Å². The van der Waals surface area contributed by atoms with E-state index in [0.29, 0.717) is 6.54 Å². The fourth-order valence-electron chi connectivity index (χ4n) is 1.87. The average molecular weight is 260 g/mol. The second-order valence-electron chi connectivity index (χ2n) is 4.39. The molecule has 1 unspecified atom stereocenters. The summed E-state index contributed by atoms with van der Waals surface area (Å²) in [6, 6.07) is 1.54. The van der Waals surface area contributed by atoms with E-state index < -0.39 is 12.6 Å². The van der Waals surface area contributed by atoms with E-state index in [-0.39, 0.29) is 12.5 Å². The van der Waals surface area contributed by atoms with Crippen LogP contribution in [0.15, 0.2) is 18.5 Å². The van der Waals surface area contributed by atoms with Crippen LogP contribution in [0.2, 0.25) is 0 Å². The highest BCUT2D eigenvalue weighted by Gasteiger charge is 2.28. The van der Waals surface area contributed by atoms with Crippen LogP contribution in [-0.2, 0) is 0 Å². The number of hydrogen-bond donors (Lipinski definition) is 1. The summed E-state index contributed by atoms with van der Waals surface area (Å²) in [5.74, 6) is 0. The standard InChI is InChI=1S/C13H19F3N2/c1-3-7-18-12(4-6-13(14,15)16)11-5-8-17-9-10(11)2/h5,8-9,12,18H,3-4,6-7H2,1-2H3. The lowest BCUT2D eigenvalue weighted by atomic mass is 9.99. The minimum Gasteiger partial charge on any atom is -0.310 e. The van der Waals surface area contributed by atoms with Crippen LogP contribution in [0.4, 0.5) is 13.2 Å². The highest BCUT2D eigenvalue weighted by molar-refractivity contribution is 5.25. The molecule has 1 heterocycles. The molecule has 0 radical (unpaired) electrons. The molecule has 5 heteroatoms. The van der Waals surface area contributed by atoms with Crippen LogP contribution >= 0.6 is 0 Å². The predicted octanol–water partition coefficient (Wildman–Crippen LogP) is 3.77. The Morgan fingerprint density at radius 1 is 1.39 bits per heavy atom. The number of alkyl halides is 3. The van der Waals surface area contributed by atoms with Gasteiger partial charge < -0.3 is 5.32 Å². The van der Waals surface area contributed by atoms with Gasteiger partial charge in [0.1, 0.15) is 0 Å².